The monoisotopic (exact) mass is 246 g/mol. The largest absolute Gasteiger partial charge is 0.489 e. The Kier molecular flexibility index (Phi) is 3.70. The maximum Gasteiger partial charge on any atom is 0.122 e. The van der Waals surface area contributed by atoms with E-state index in [-0.39, 0.29) is 0 Å². The number of hydrogen-bond donors (Lipinski definition) is 0. The van der Waals surface area contributed by atoms with Gasteiger partial charge >= 0.3 is 0 Å². The predicted molar refractivity (Wildman–Crippen MR) is 71.7 cm³/mol. The Morgan fingerprint density at radius 1 is 1.00 bits per heavy atom. The van der Waals surface area contributed by atoms with E-state index in [0.717, 1.165) is 16.3 Å². The van der Waals surface area contributed by atoms with Crippen LogP contribution in [0.2, 0.25) is 5.02 Å². The maximum atomic E-state index is 5.83. The minimum atomic E-state index is 0.571. The van der Waals surface area contributed by atoms with Gasteiger partial charge in [0.05, 0.1) is 0 Å². The molecule has 88 valence electrons. The standard InChI is InChI=1S/C15H15ClO/c1-11-3-8-15(12(2)9-11)17-10-13-4-6-14(16)7-5-13/h3-9H,10H2,1-2H3. The predicted octanol–water partition coefficient (Wildman–Crippen LogP) is 4.54. The number of hydrogen-bond acceptors (Lipinski definition) is 1. The van der Waals surface area contributed by atoms with Crippen molar-refractivity contribution in [2.45, 2.75) is 20.5 Å². The summed E-state index contributed by atoms with van der Waals surface area (Å²) in [6.45, 7) is 4.71. The zero-order valence-corrected chi connectivity index (χ0v) is 10.8. The zero-order chi connectivity index (χ0) is 12.3. The molecule has 0 fully saturated rings. The van der Waals surface area contributed by atoms with E-state index in [2.05, 4.69) is 26.0 Å². The summed E-state index contributed by atoms with van der Waals surface area (Å²) >= 11 is 5.83. The van der Waals surface area contributed by atoms with Gasteiger partial charge in [0.2, 0.25) is 0 Å². The molecule has 2 aromatic carbocycles. The van der Waals surface area contributed by atoms with Crippen LogP contribution < -0.4 is 4.74 Å². The second-order valence-electron chi connectivity index (χ2n) is 4.18. The van der Waals surface area contributed by atoms with Crippen LogP contribution in [0.25, 0.3) is 0 Å². The van der Waals surface area contributed by atoms with Gasteiger partial charge in [-0.05, 0) is 43.2 Å². The van der Waals surface area contributed by atoms with Crippen LogP contribution in [0.3, 0.4) is 0 Å². The lowest BCUT2D eigenvalue weighted by atomic mass is 10.1. The van der Waals surface area contributed by atoms with Crippen molar-refractivity contribution in [3.05, 3.63) is 64.2 Å². The van der Waals surface area contributed by atoms with Gasteiger partial charge in [0.1, 0.15) is 12.4 Å². The molecule has 0 spiro atoms. The molecular formula is C15H15ClO. The Labute approximate surface area is 107 Å². The highest BCUT2D eigenvalue weighted by Crippen LogP contribution is 2.20. The summed E-state index contributed by atoms with van der Waals surface area (Å²) in [6, 6.07) is 13.9. The summed E-state index contributed by atoms with van der Waals surface area (Å²) in [4.78, 5) is 0. The summed E-state index contributed by atoms with van der Waals surface area (Å²) in [5.74, 6) is 0.936. The van der Waals surface area contributed by atoms with E-state index in [1.165, 1.54) is 11.1 Å². The van der Waals surface area contributed by atoms with Gasteiger partial charge in [-0.25, -0.2) is 0 Å². The van der Waals surface area contributed by atoms with Gasteiger partial charge < -0.3 is 4.74 Å². The fraction of sp³-hybridized carbons (Fsp3) is 0.200. The van der Waals surface area contributed by atoms with Crippen LogP contribution in [0.15, 0.2) is 42.5 Å². The van der Waals surface area contributed by atoms with Crippen LogP contribution in [0.5, 0.6) is 5.75 Å². The molecule has 0 saturated heterocycles. The van der Waals surface area contributed by atoms with Crippen LogP contribution in [0.1, 0.15) is 16.7 Å². The lowest BCUT2D eigenvalue weighted by Gasteiger charge is -2.09. The topological polar surface area (TPSA) is 9.23 Å². The van der Waals surface area contributed by atoms with Crippen molar-refractivity contribution < 1.29 is 4.74 Å². The molecule has 0 aliphatic rings. The van der Waals surface area contributed by atoms with Gasteiger partial charge in [0.15, 0.2) is 0 Å². The van der Waals surface area contributed by atoms with Crippen LogP contribution >= 0.6 is 11.6 Å². The molecule has 0 atom stereocenters. The van der Waals surface area contributed by atoms with Crippen molar-refractivity contribution in [3.8, 4) is 5.75 Å². The third-order valence-electron chi connectivity index (χ3n) is 2.64. The molecule has 0 aliphatic heterocycles. The molecule has 0 aliphatic carbocycles. The Bertz CT molecular complexity index is 503. The van der Waals surface area contributed by atoms with Crippen molar-refractivity contribution in [1.29, 1.82) is 0 Å². The second-order valence-corrected chi connectivity index (χ2v) is 4.62. The molecule has 0 heterocycles. The average molecular weight is 247 g/mol. The van der Waals surface area contributed by atoms with Crippen molar-refractivity contribution in [2.24, 2.45) is 0 Å². The molecule has 1 nitrogen and oxygen atoms in total. The van der Waals surface area contributed by atoms with Gasteiger partial charge in [0, 0.05) is 5.02 Å². The summed E-state index contributed by atoms with van der Waals surface area (Å²) in [7, 11) is 0. The van der Waals surface area contributed by atoms with E-state index >= 15 is 0 Å². The molecule has 0 N–H and O–H groups in total. The molecule has 0 bridgehead atoms. The fourth-order valence-electron chi connectivity index (χ4n) is 1.70. The third-order valence-corrected chi connectivity index (χ3v) is 2.89. The third kappa shape index (κ3) is 3.24. The second kappa shape index (κ2) is 5.24. The molecule has 17 heavy (non-hydrogen) atoms. The first-order chi connectivity index (χ1) is 8.15. The Hall–Kier alpha value is -1.47. The van der Waals surface area contributed by atoms with Crippen LogP contribution in [0, 0.1) is 13.8 Å². The molecule has 0 saturated carbocycles. The molecule has 2 rings (SSSR count). The van der Waals surface area contributed by atoms with E-state index < -0.39 is 0 Å². The summed E-state index contributed by atoms with van der Waals surface area (Å²) < 4.78 is 5.77. The van der Waals surface area contributed by atoms with Crippen LogP contribution in [-0.2, 0) is 6.61 Å². The average Bonchev–Trinajstić information content (AvgIpc) is 2.30. The van der Waals surface area contributed by atoms with Crippen molar-refractivity contribution >= 4 is 11.6 Å². The highest BCUT2D eigenvalue weighted by molar-refractivity contribution is 6.30. The molecule has 0 aromatic heterocycles. The summed E-state index contributed by atoms with van der Waals surface area (Å²) in [5, 5.41) is 0.750. The maximum absolute atomic E-state index is 5.83. The molecule has 0 radical (unpaired) electrons. The van der Waals surface area contributed by atoms with Crippen LogP contribution in [0.4, 0.5) is 0 Å². The van der Waals surface area contributed by atoms with Crippen molar-refractivity contribution in [1.82, 2.24) is 0 Å². The van der Waals surface area contributed by atoms with Gasteiger partial charge in [-0.15, -0.1) is 0 Å². The SMILES string of the molecule is Cc1ccc(OCc2ccc(Cl)cc2)c(C)c1. The van der Waals surface area contributed by atoms with Gasteiger partial charge in [-0.1, -0.05) is 41.4 Å². The summed E-state index contributed by atoms with van der Waals surface area (Å²) in [6.07, 6.45) is 0. The Morgan fingerprint density at radius 2 is 1.71 bits per heavy atom. The Balaban J connectivity index is 2.04. The van der Waals surface area contributed by atoms with E-state index in [1.807, 2.05) is 30.3 Å². The smallest absolute Gasteiger partial charge is 0.122 e. The van der Waals surface area contributed by atoms with E-state index in [9.17, 15) is 0 Å². The first kappa shape index (κ1) is 12.0. The first-order valence-electron chi connectivity index (χ1n) is 5.59. The quantitative estimate of drug-likeness (QED) is 0.773. The highest BCUT2D eigenvalue weighted by atomic mass is 35.5. The number of aryl methyl sites for hydroxylation is 2. The molecule has 0 amide bonds. The van der Waals surface area contributed by atoms with Crippen LogP contribution in [-0.4, -0.2) is 0 Å². The first-order valence-corrected chi connectivity index (χ1v) is 5.97. The van der Waals surface area contributed by atoms with Crippen molar-refractivity contribution in [2.75, 3.05) is 0 Å². The van der Waals surface area contributed by atoms with Gasteiger partial charge in [0.25, 0.3) is 0 Å². The van der Waals surface area contributed by atoms with Gasteiger partial charge in [-0.2, -0.15) is 0 Å². The number of ether oxygens (including phenoxy) is 1. The van der Waals surface area contributed by atoms with E-state index in [1.54, 1.807) is 0 Å². The molecular weight excluding hydrogens is 232 g/mol. The number of rotatable bonds is 3. The minimum absolute atomic E-state index is 0.571. The normalized spacial score (nSPS) is 10.3. The minimum Gasteiger partial charge on any atom is -0.489 e. The lowest BCUT2D eigenvalue weighted by molar-refractivity contribution is 0.304. The fourth-order valence-corrected chi connectivity index (χ4v) is 1.83. The Morgan fingerprint density at radius 3 is 2.35 bits per heavy atom. The van der Waals surface area contributed by atoms with Gasteiger partial charge in [-0.3, -0.25) is 0 Å². The van der Waals surface area contributed by atoms with E-state index in [0.29, 0.717) is 6.61 Å². The van der Waals surface area contributed by atoms with Crippen molar-refractivity contribution in [3.63, 3.8) is 0 Å². The van der Waals surface area contributed by atoms with E-state index in [4.69, 9.17) is 16.3 Å². The molecule has 2 aromatic rings. The highest BCUT2D eigenvalue weighted by Gasteiger charge is 2.00. The summed E-state index contributed by atoms with van der Waals surface area (Å²) in [5.41, 5.74) is 3.54. The zero-order valence-electron chi connectivity index (χ0n) is 10.0. The molecule has 2 heteroatoms. The number of halogens is 1. The molecule has 0 unspecified atom stereocenters. The lowest BCUT2D eigenvalue weighted by Crippen LogP contribution is -1.96. The number of benzene rings is 2.